The van der Waals surface area contributed by atoms with E-state index in [1.165, 1.54) is 0 Å². The summed E-state index contributed by atoms with van der Waals surface area (Å²) >= 11 is 17.2. The lowest BCUT2D eigenvalue weighted by Crippen LogP contribution is -2.50. The minimum atomic E-state index is -2.01. The molecule has 1 aliphatic heterocycles. The van der Waals surface area contributed by atoms with Crippen molar-refractivity contribution in [3.8, 4) is 0 Å². The lowest BCUT2D eigenvalue weighted by atomic mass is 10.1. The highest BCUT2D eigenvalue weighted by molar-refractivity contribution is 7.99. The van der Waals surface area contributed by atoms with Crippen LogP contribution in [0.5, 0.6) is 0 Å². The van der Waals surface area contributed by atoms with E-state index in [0.717, 1.165) is 11.8 Å². The minimum absolute atomic E-state index is 0.163. The van der Waals surface area contributed by atoms with Crippen LogP contribution in [0.3, 0.4) is 0 Å². The molecule has 94 valence electrons. The summed E-state index contributed by atoms with van der Waals surface area (Å²) in [5.74, 6) is -0.478. The number of aliphatic hydroxyl groups is 3. The molecule has 1 heterocycles. The second-order valence-electron chi connectivity index (χ2n) is 3.19. The summed E-state index contributed by atoms with van der Waals surface area (Å²) in [6.45, 7) is 0. The molecule has 1 fully saturated rings. The Morgan fingerprint density at radius 2 is 1.81 bits per heavy atom. The van der Waals surface area contributed by atoms with Crippen molar-refractivity contribution in [3.05, 3.63) is 0 Å². The summed E-state index contributed by atoms with van der Waals surface area (Å²) in [5.41, 5.74) is -0.943. The van der Waals surface area contributed by atoms with E-state index >= 15 is 0 Å². The van der Waals surface area contributed by atoms with Gasteiger partial charge < -0.3 is 20.1 Å². The highest BCUT2D eigenvalue weighted by Gasteiger charge is 2.41. The van der Waals surface area contributed by atoms with Gasteiger partial charge >= 0.3 is 0 Å². The quantitative estimate of drug-likeness (QED) is 0.322. The molecule has 0 aromatic heterocycles. The maximum Gasteiger partial charge on any atom is 0.265 e. The van der Waals surface area contributed by atoms with Gasteiger partial charge in [0.2, 0.25) is 5.90 Å². The van der Waals surface area contributed by atoms with Gasteiger partial charge in [0.05, 0.1) is 6.10 Å². The highest BCUT2D eigenvalue weighted by Crippen LogP contribution is 2.33. The summed E-state index contributed by atoms with van der Waals surface area (Å²) in [7, 11) is 0. The topological polar surface area (TPSA) is 93.8 Å². The Morgan fingerprint density at radius 3 is 2.31 bits per heavy atom. The molecule has 4 atom stereocenters. The van der Waals surface area contributed by atoms with Crippen LogP contribution in [0.1, 0.15) is 0 Å². The molecule has 4 N–H and O–H groups in total. The van der Waals surface area contributed by atoms with Crippen LogP contribution in [0, 0.1) is 5.41 Å². The summed E-state index contributed by atoms with van der Waals surface area (Å²) in [6.07, 6.45) is -3.72. The van der Waals surface area contributed by atoms with Crippen molar-refractivity contribution in [1.29, 1.82) is 5.41 Å². The van der Waals surface area contributed by atoms with E-state index in [1.54, 1.807) is 0 Å². The summed E-state index contributed by atoms with van der Waals surface area (Å²) in [6, 6.07) is 0. The third kappa shape index (κ3) is 3.53. The SMILES string of the molecule is N=C(O[C@H]1SC[C@@H](O)[C@H](O)[C@H]1O)C(Cl)(Cl)Cl. The number of ether oxygens (including phenoxy) is 1. The van der Waals surface area contributed by atoms with E-state index in [-0.39, 0.29) is 5.75 Å². The fraction of sp³-hybridized carbons (Fsp3) is 0.857. The molecule has 1 saturated heterocycles. The Bertz CT molecular complexity index is 275. The number of halogens is 3. The van der Waals surface area contributed by atoms with E-state index in [4.69, 9.17) is 44.9 Å². The van der Waals surface area contributed by atoms with E-state index in [2.05, 4.69) is 0 Å². The van der Waals surface area contributed by atoms with Crippen LogP contribution in [-0.2, 0) is 4.74 Å². The van der Waals surface area contributed by atoms with E-state index in [1.807, 2.05) is 0 Å². The van der Waals surface area contributed by atoms with Crippen molar-refractivity contribution >= 4 is 52.5 Å². The molecular formula is C7H10Cl3NO4S. The van der Waals surface area contributed by atoms with Crippen molar-refractivity contribution < 1.29 is 20.1 Å². The number of rotatable bonds is 1. The summed E-state index contributed by atoms with van der Waals surface area (Å²) in [5, 5.41) is 35.4. The van der Waals surface area contributed by atoms with Gasteiger partial charge in [-0.2, -0.15) is 0 Å². The zero-order chi connectivity index (χ0) is 12.5. The molecule has 0 saturated carbocycles. The standard InChI is InChI=1S/C7H10Cl3NO4S/c8-7(9,10)6(11)15-5-4(14)3(13)2(12)1-16-5/h2-5,11-14H,1H2/t2-,3+,4-,5+/m1/s1. The zero-order valence-corrected chi connectivity index (χ0v) is 10.9. The van der Waals surface area contributed by atoms with Crippen molar-refractivity contribution in [2.75, 3.05) is 5.75 Å². The van der Waals surface area contributed by atoms with E-state index in [0.29, 0.717) is 0 Å². The Hall–Kier alpha value is 0.570. The smallest absolute Gasteiger partial charge is 0.265 e. The first-order valence-electron chi connectivity index (χ1n) is 4.21. The molecule has 16 heavy (non-hydrogen) atoms. The monoisotopic (exact) mass is 309 g/mol. The molecule has 0 bridgehead atoms. The lowest BCUT2D eigenvalue weighted by Gasteiger charge is -2.35. The van der Waals surface area contributed by atoms with Gasteiger partial charge in [0.25, 0.3) is 3.79 Å². The third-order valence-corrected chi connectivity index (χ3v) is 3.70. The molecule has 0 unspecified atom stereocenters. The molecule has 0 spiro atoms. The Kier molecular flexibility index (Phi) is 5.01. The van der Waals surface area contributed by atoms with Crippen molar-refractivity contribution in [1.82, 2.24) is 0 Å². The van der Waals surface area contributed by atoms with Crippen molar-refractivity contribution in [2.45, 2.75) is 27.5 Å². The fourth-order valence-electron chi connectivity index (χ4n) is 1.07. The molecular weight excluding hydrogens is 301 g/mol. The molecule has 0 aliphatic carbocycles. The number of aliphatic hydroxyl groups excluding tert-OH is 3. The number of hydrogen-bond acceptors (Lipinski definition) is 6. The second-order valence-corrected chi connectivity index (χ2v) is 6.61. The Labute approximate surface area is 111 Å². The molecule has 1 rings (SSSR count). The van der Waals surface area contributed by atoms with Gasteiger partial charge in [-0.1, -0.05) is 34.8 Å². The zero-order valence-electron chi connectivity index (χ0n) is 7.81. The van der Waals surface area contributed by atoms with Gasteiger partial charge in [-0.05, 0) is 0 Å². The highest BCUT2D eigenvalue weighted by atomic mass is 35.6. The van der Waals surface area contributed by atoms with Crippen LogP contribution >= 0.6 is 46.6 Å². The van der Waals surface area contributed by atoms with Gasteiger partial charge in [-0.25, -0.2) is 0 Å². The summed E-state index contributed by atoms with van der Waals surface area (Å²) in [4.78, 5) is 0. The minimum Gasteiger partial charge on any atom is -0.461 e. The van der Waals surface area contributed by atoms with E-state index < -0.39 is 33.4 Å². The molecule has 0 aromatic carbocycles. The van der Waals surface area contributed by atoms with Crippen molar-refractivity contribution in [2.24, 2.45) is 0 Å². The van der Waals surface area contributed by atoms with E-state index in [9.17, 15) is 15.3 Å². The predicted octanol–water partition coefficient (Wildman–Crippen LogP) is 0.506. The number of thioether (sulfide) groups is 1. The molecule has 0 aromatic rings. The maximum atomic E-state index is 9.54. The fourth-order valence-corrected chi connectivity index (χ4v) is 2.31. The lowest BCUT2D eigenvalue weighted by molar-refractivity contribution is -0.0811. The van der Waals surface area contributed by atoms with Crippen LogP contribution in [0.15, 0.2) is 0 Å². The normalized spacial score (nSPS) is 35.9. The first-order chi connectivity index (χ1) is 7.23. The van der Waals surface area contributed by atoms with Crippen LogP contribution in [0.2, 0.25) is 0 Å². The first kappa shape index (κ1) is 14.6. The molecule has 0 radical (unpaired) electrons. The average Bonchev–Trinajstić information content (AvgIpc) is 2.17. The number of alkyl halides is 3. The van der Waals surface area contributed by atoms with Gasteiger partial charge in [0.1, 0.15) is 12.2 Å². The van der Waals surface area contributed by atoms with Crippen molar-refractivity contribution in [3.63, 3.8) is 0 Å². The van der Waals surface area contributed by atoms with Gasteiger partial charge in [0, 0.05) is 5.75 Å². The first-order valence-corrected chi connectivity index (χ1v) is 6.40. The Morgan fingerprint density at radius 1 is 1.25 bits per heavy atom. The second kappa shape index (κ2) is 5.48. The van der Waals surface area contributed by atoms with Crippen LogP contribution in [-0.4, -0.2) is 54.5 Å². The van der Waals surface area contributed by atoms with Crippen LogP contribution in [0.4, 0.5) is 0 Å². The van der Waals surface area contributed by atoms with Gasteiger partial charge in [-0.3, -0.25) is 5.41 Å². The largest absolute Gasteiger partial charge is 0.461 e. The average molecular weight is 311 g/mol. The molecule has 9 heteroatoms. The maximum absolute atomic E-state index is 9.54. The molecule has 5 nitrogen and oxygen atoms in total. The Balaban J connectivity index is 2.59. The predicted molar refractivity (Wildman–Crippen MR) is 63.4 cm³/mol. The molecule has 0 amide bonds. The van der Waals surface area contributed by atoms with Gasteiger partial charge in [0.15, 0.2) is 5.44 Å². The summed E-state index contributed by atoms with van der Waals surface area (Å²) < 4.78 is 2.90. The van der Waals surface area contributed by atoms with Crippen LogP contribution in [0.25, 0.3) is 0 Å². The molecule has 1 aliphatic rings. The number of nitrogens with one attached hydrogen (secondary N) is 1. The number of hydrogen-bond donors (Lipinski definition) is 4. The third-order valence-electron chi connectivity index (χ3n) is 1.95. The van der Waals surface area contributed by atoms with Crippen LogP contribution < -0.4 is 0 Å². The van der Waals surface area contributed by atoms with Gasteiger partial charge in [-0.15, -0.1) is 11.8 Å².